The lowest BCUT2D eigenvalue weighted by Gasteiger charge is -2.20. The van der Waals surface area contributed by atoms with Gasteiger partial charge in [-0.15, -0.1) is 0 Å². The molecule has 0 aliphatic heterocycles. The predicted molar refractivity (Wildman–Crippen MR) is 82.7 cm³/mol. The van der Waals surface area contributed by atoms with Crippen LogP contribution >= 0.6 is 0 Å². The molecule has 0 heteroatoms. The van der Waals surface area contributed by atoms with Gasteiger partial charge in [0, 0.05) is 0 Å². The van der Waals surface area contributed by atoms with Crippen molar-refractivity contribution in [3.05, 3.63) is 6.42 Å². The van der Waals surface area contributed by atoms with Crippen molar-refractivity contribution in [2.75, 3.05) is 0 Å². The van der Waals surface area contributed by atoms with Gasteiger partial charge in [0.05, 0.1) is 0 Å². The highest BCUT2D eigenvalue weighted by atomic mass is 14.2. The third-order valence-electron chi connectivity index (χ3n) is 4.46. The quantitative estimate of drug-likeness (QED) is 0.359. The molecule has 1 rings (SSSR count). The molecule has 0 saturated heterocycles. The van der Waals surface area contributed by atoms with Crippen LogP contribution in [0.15, 0.2) is 0 Å². The van der Waals surface area contributed by atoms with Crippen molar-refractivity contribution in [2.24, 2.45) is 5.92 Å². The van der Waals surface area contributed by atoms with Crippen LogP contribution in [0.5, 0.6) is 0 Å². The molecule has 0 N–H and O–H groups in total. The van der Waals surface area contributed by atoms with E-state index in [1.54, 1.807) is 0 Å². The Hall–Kier alpha value is 0. The zero-order valence-corrected chi connectivity index (χ0v) is 12.8. The zero-order valence-electron chi connectivity index (χ0n) is 12.8. The van der Waals surface area contributed by atoms with Gasteiger partial charge in [-0.3, -0.25) is 0 Å². The summed E-state index contributed by atoms with van der Waals surface area (Å²) in [5.41, 5.74) is 0. The van der Waals surface area contributed by atoms with Crippen LogP contribution in [0.4, 0.5) is 0 Å². The van der Waals surface area contributed by atoms with Crippen LogP contribution in [-0.4, -0.2) is 0 Å². The molecule has 0 atom stereocenters. The third kappa shape index (κ3) is 9.00. The molecule has 1 fully saturated rings. The third-order valence-corrected chi connectivity index (χ3v) is 4.46. The maximum Gasteiger partial charge on any atom is -0.0355 e. The normalized spacial score (nSPS) is 17.2. The molecular formula is C18H35. The van der Waals surface area contributed by atoms with Crippen LogP contribution in [0, 0.1) is 12.3 Å². The molecule has 0 aromatic rings. The van der Waals surface area contributed by atoms with Gasteiger partial charge in [-0.1, -0.05) is 96.8 Å². The van der Waals surface area contributed by atoms with Crippen molar-refractivity contribution >= 4 is 0 Å². The average Bonchev–Trinajstić information content (AvgIpc) is 2.42. The number of hydrogen-bond donors (Lipinski definition) is 0. The maximum absolute atomic E-state index is 2.64. The molecule has 0 spiro atoms. The predicted octanol–water partition coefficient (Wildman–Crippen LogP) is 6.69. The van der Waals surface area contributed by atoms with Gasteiger partial charge in [0.1, 0.15) is 0 Å². The molecule has 1 saturated carbocycles. The summed E-state index contributed by atoms with van der Waals surface area (Å²) in [5, 5.41) is 0. The van der Waals surface area contributed by atoms with E-state index in [0.29, 0.717) is 0 Å². The topological polar surface area (TPSA) is 0 Å². The highest BCUT2D eigenvalue weighted by molar-refractivity contribution is 4.79. The van der Waals surface area contributed by atoms with E-state index in [4.69, 9.17) is 0 Å². The van der Waals surface area contributed by atoms with Gasteiger partial charge in [-0.2, -0.15) is 0 Å². The van der Waals surface area contributed by atoms with Crippen molar-refractivity contribution in [3.8, 4) is 0 Å². The highest BCUT2D eigenvalue weighted by Gasteiger charge is 2.12. The standard InChI is InChI=1S/C18H35/c1-2-3-4-5-6-7-8-9-10-12-15-18-16-13-11-14-17-18/h15,18H,2-14,16-17H2,1H3. The first-order valence-electron chi connectivity index (χ1n) is 8.77. The summed E-state index contributed by atoms with van der Waals surface area (Å²) in [4.78, 5) is 0. The van der Waals surface area contributed by atoms with Gasteiger partial charge >= 0.3 is 0 Å². The van der Waals surface area contributed by atoms with Gasteiger partial charge in [0.15, 0.2) is 0 Å². The van der Waals surface area contributed by atoms with Crippen molar-refractivity contribution in [2.45, 2.75) is 103 Å². The van der Waals surface area contributed by atoms with Gasteiger partial charge < -0.3 is 0 Å². The summed E-state index contributed by atoms with van der Waals surface area (Å²) in [6.45, 7) is 2.29. The second-order valence-corrected chi connectivity index (χ2v) is 6.25. The highest BCUT2D eigenvalue weighted by Crippen LogP contribution is 2.27. The first kappa shape index (κ1) is 16.1. The van der Waals surface area contributed by atoms with Crippen LogP contribution in [-0.2, 0) is 0 Å². The Morgan fingerprint density at radius 3 is 1.89 bits per heavy atom. The SMILES string of the molecule is CCCCCCCCCCC[CH]C1CCCCC1. The molecule has 1 radical (unpaired) electrons. The monoisotopic (exact) mass is 251 g/mol. The number of hydrogen-bond acceptors (Lipinski definition) is 0. The molecule has 107 valence electrons. The molecule has 0 unspecified atom stereocenters. The van der Waals surface area contributed by atoms with Crippen molar-refractivity contribution in [3.63, 3.8) is 0 Å². The molecule has 0 amide bonds. The lowest BCUT2D eigenvalue weighted by atomic mass is 9.85. The summed E-state index contributed by atoms with van der Waals surface area (Å²) >= 11 is 0. The zero-order chi connectivity index (χ0) is 12.9. The van der Waals surface area contributed by atoms with Crippen LogP contribution in [0.25, 0.3) is 0 Å². The van der Waals surface area contributed by atoms with E-state index >= 15 is 0 Å². The summed E-state index contributed by atoms with van der Waals surface area (Å²) in [6.07, 6.45) is 24.6. The molecule has 0 heterocycles. The largest absolute Gasteiger partial charge is 0.0654 e. The fourth-order valence-corrected chi connectivity index (χ4v) is 3.18. The van der Waals surface area contributed by atoms with Crippen LogP contribution in [0.1, 0.15) is 103 Å². The van der Waals surface area contributed by atoms with E-state index < -0.39 is 0 Å². The van der Waals surface area contributed by atoms with E-state index in [9.17, 15) is 0 Å². The molecule has 18 heavy (non-hydrogen) atoms. The Labute approximate surface area is 116 Å². The molecule has 1 aliphatic rings. The van der Waals surface area contributed by atoms with Crippen LogP contribution < -0.4 is 0 Å². The molecule has 1 aliphatic carbocycles. The van der Waals surface area contributed by atoms with Gasteiger partial charge in [-0.05, 0) is 18.8 Å². The van der Waals surface area contributed by atoms with Gasteiger partial charge in [0.25, 0.3) is 0 Å². The summed E-state index contributed by atoms with van der Waals surface area (Å²) in [7, 11) is 0. The number of unbranched alkanes of at least 4 members (excludes halogenated alkanes) is 9. The van der Waals surface area contributed by atoms with Crippen LogP contribution in [0.2, 0.25) is 0 Å². The van der Waals surface area contributed by atoms with Crippen molar-refractivity contribution in [1.82, 2.24) is 0 Å². The molecule has 0 bridgehead atoms. The average molecular weight is 251 g/mol. The Balaban J connectivity index is 1.73. The lowest BCUT2D eigenvalue weighted by Crippen LogP contribution is -2.06. The maximum atomic E-state index is 2.64. The second-order valence-electron chi connectivity index (χ2n) is 6.25. The van der Waals surface area contributed by atoms with E-state index in [2.05, 4.69) is 13.3 Å². The Morgan fingerprint density at radius 2 is 1.28 bits per heavy atom. The fraction of sp³-hybridized carbons (Fsp3) is 0.944. The van der Waals surface area contributed by atoms with E-state index in [1.165, 1.54) is 96.3 Å². The first-order valence-corrected chi connectivity index (χ1v) is 8.77. The van der Waals surface area contributed by atoms with Crippen LogP contribution in [0.3, 0.4) is 0 Å². The van der Waals surface area contributed by atoms with E-state index in [-0.39, 0.29) is 0 Å². The first-order chi connectivity index (χ1) is 8.93. The van der Waals surface area contributed by atoms with Gasteiger partial charge in [-0.25, -0.2) is 0 Å². The van der Waals surface area contributed by atoms with E-state index in [1.807, 2.05) is 0 Å². The van der Waals surface area contributed by atoms with Crippen molar-refractivity contribution in [1.29, 1.82) is 0 Å². The minimum atomic E-state index is 0.979. The van der Waals surface area contributed by atoms with Crippen molar-refractivity contribution < 1.29 is 0 Å². The Bertz CT molecular complexity index is 155. The minimum absolute atomic E-state index is 0.979. The Kier molecular flexibility index (Phi) is 10.8. The summed E-state index contributed by atoms with van der Waals surface area (Å²) in [5.74, 6) is 0.979. The number of rotatable bonds is 11. The molecule has 0 aromatic carbocycles. The molecule has 0 aromatic heterocycles. The van der Waals surface area contributed by atoms with Gasteiger partial charge in [0.2, 0.25) is 0 Å². The molecular weight excluding hydrogens is 216 g/mol. The summed E-state index contributed by atoms with van der Waals surface area (Å²) < 4.78 is 0. The second kappa shape index (κ2) is 12.1. The molecule has 0 nitrogen and oxygen atoms in total. The van der Waals surface area contributed by atoms with E-state index in [0.717, 1.165) is 5.92 Å². The Morgan fingerprint density at radius 1 is 0.722 bits per heavy atom. The fourth-order valence-electron chi connectivity index (χ4n) is 3.18. The lowest BCUT2D eigenvalue weighted by molar-refractivity contribution is 0.387. The smallest absolute Gasteiger partial charge is 0.0355 e. The summed E-state index contributed by atoms with van der Waals surface area (Å²) in [6, 6.07) is 0. The minimum Gasteiger partial charge on any atom is -0.0654 e.